The molecule has 0 unspecified atom stereocenters. The van der Waals surface area contributed by atoms with Gasteiger partial charge in [0.25, 0.3) is 5.56 Å². The van der Waals surface area contributed by atoms with Crippen LogP contribution in [0.1, 0.15) is 12.6 Å². The molecule has 3 rings (SSSR count). The molecule has 3 aromatic rings. The average Bonchev–Trinajstić information content (AvgIpc) is 2.71. The first-order chi connectivity index (χ1) is 14.6. The van der Waals surface area contributed by atoms with Crippen LogP contribution in [-0.2, 0) is 10.0 Å². The Bertz CT molecular complexity index is 1290. The molecule has 0 aliphatic heterocycles. The maximum atomic E-state index is 14.2. The molecular weight excluding hydrogens is 446 g/mol. The van der Waals surface area contributed by atoms with Gasteiger partial charge in [0.15, 0.2) is 11.6 Å². The lowest BCUT2D eigenvalue weighted by atomic mass is 10.0. The first kappa shape index (κ1) is 22.8. The zero-order valence-electron chi connectivity index (χ0n) is 17.0. The van der Waals surface area contributed by atoms with Gasteiger partial charge in [-0.05, 0) is 56.5 Å². The molecule has 10 heteroatoms. The number of aryl methyl sites for hydroxylation is 1. The van der Waals surface area contributed by atoms with E-state index in [9.17, 15) is 22.0 Å². The lowest BCUT2D eigenvalue weighted by Crippen LogP contribution is -2.14. The van der Waals surface area contributed by atoms with Crippen molar-refractivity contribution in [3.05, 3.63) is 70.1 Å². The maximum absolute atomic E-state index is 14.2. The van der Waals surface area contributed by atoms with Crippen molar-refractivity contribution in [2.75, 3.05) is 16.7 Å². The van der Waals surface area contributed by atoms with Crippen molar-refractivity contribution in [1.82, 2.24) is 4.98 Å². The summed E-state index contributed by atoms with van der Waals surface area (Å²) in [5, 5.41) is 0. The molecule has 0 atom stereocenters. The van der Waals surface area contributed by atoms with Gasteiger partial charge in [-0.3, -0.25) is 9.52 Å². The van der Waals surface area contributed by atoms with Crippen molar-refractivity contribution >= 4 is 27.5 Å². The third kappa shape index (κ3) is 5.26. The summed E-state index contributed by atoms with van der Waals surface area (Å²) in [6.45, 7) is 3.20. The quantitative estimate of drug-likeness (QED) is 0.484. The van der Waals surface area contributed by atoms with Crippen LogP contribution in [0.15, 0.2) is 52.2 Å². The van der Waals surface area contributed by atoms with Crippen LogP contribution in [0.5, 0.6) is 11.5 Å². The minimum absolute atomic E-state index is 0.115. The molecule has 31 heavy (non-hydrogen) atoms. The fourth-order valence-corrected chi connectivity index (χ4v) is 3.96. The van der Waals surface area contributed by atoms with Gasteiger partial charge < -0.3 is 9.72 Å². The van der Waals surface area contributed by atoms with Crippen molar-refractivity contribution in [2.24, 2.45) is 0 Å². The fourth-order valence-electron chi connectivity index (χ4n) is 2.86. The van der Waals surface area contributed by atoms with E-state index in [4.69, 9.17) is 4.74 Å². The van der Waals surface area contributed by atoms with E-state index in [0.717, 1.165) is 12.1 Å². The number of aromatic amines is 1. The van der Waals surface area contributed by atoms with Crippen LogP contribution in [0.3, 0.4) is 0 Å². The van der Waals surface area contributed by atoms with Crippen LogP contribution < -0.4 is 15.0 Å². The van der Waals surface area contributed by atoms with E-state index in [1.165, 1.54) is 36.9 Å². The Kier molecular flexibility index (Phi) is 6.71. The number of halogens is 2. The molecule has 2 N–H and O–H groups in total. The molecular formula is C21H20F2N2O4S2. The van der Waals surface area contributed by atoms with Crippen LogP contribution in [0.25, 0.3) is 11.1 Å². The van der Waals surface area contributed by atoms with E-state index >= 15 is 0 Å². The topological polar surface area (TPSA) is 88.3 Å². The number of hydrogen-bond acceptors (Lipinski definition) is 5. The number of anilines is 1. The Hall–Kier alpha value is -2.85. The van der Waals surface area contributed by atoms with Gasteiger partial charge in [-0.1, -0.05) is 0 Å². The third-order valence-corrected chi connectivity index (χ3v) is 6.51. The van der Waals surface area contributed by atoms with E-state index in [1.807, 2.05) is 0 Å². The van der Waals surface area contributed by atoms with E-state index < -0.39 is 21.7 Å². The molecule has 0 saturated carbocycles. The standard InChI is InChI=1S/C21H20F2N2O4S2/c1-4-31(27,28)25-14-6-8-18(29-19-7-5-13(22)9-17(19)23)16(10-14)15-11-20(30-3)21(26)24-12(15)2/h5-11,25H,4H2,1-3H3,(H,24,26). The first-order valence-electron chi connectivity index (χ1n) is 9.19. The van der Waals surface area contributed by atoms with Crippen molar-refractivity contribution in [3.8, 4) is 22.6 Å². The van der Waals surface area contributed by atoms with Gasteiger partial charge in [-0.15, -0.1) is 11.8 Å². The van der Waals surface area contributed by atoms with Gasteiger partial charge in [0.1, 0.15) is 11.6 Å². The SMILES string of the molecule is CCS(=O)(=O)Nc1ccc(Oc2ccc(F)cc2F)c(-c2cc(SC)c(=O)[nH]c2C)c1. The number of sulfonamides is 1. The molecule has 1 aromatic heterocycles. The summed E-state index contributed by atoms with van der Waals surface area (Å²) in [6.07, 6.45) is 1.75. The van der Waals surface area contributed by atoms with Gasteiger partial charge in [0.05, 0.1) is 10.6 Å². The van der Waals surface area contributed by atoms with Gasteiger partial charge in [0.2, 0.25) is 10.0 Å². The number of rotatable bonds is 7. The number of thioether (sulfide) groups is 1. The Morgan fingerprint density at radius 3 is 2.42 bits per heavy atom. The van der Waals surface area contributed by atoms with Crippen LogP contribution in [-0.4, -0.2) is 25.4 Å². The molecule has 2 aromatic carbocycles. The van der Waals surface area contributed by atoms with Gasteiger partial charge >= 0.3 is 0 Å². The maximum Gasteiger partial charge on any atom is 0.261 e. The second-order valence-corrected chi connectivity index (χ2v) is 9.46. The van der Waals surface area contributed by atoms with Crippen LogP contribution >= 0.6 is 11.8 Å². The number of H-pyrrole nitrogens is 1. The highest BCUT2D eigenvalue weighted by molar-refractivity contribution is 7.98. The predicted octanol–water partition coefficient (Wildman–Crippen LogP) is 4.90. The molecule has 0 fully saturated rings. The van der Waals surface area contributed by atoms with Crippen molar-refractivity contribution in [2.45, 2.75) is 18.7 Å². The van der Waals surface area contributed by atoms with E-state index in [1.54, 1.807) is 19.2 Å². The number of aromatic nitrogens is 1. The Balaban J connectivity index is 2.18. The summed E-state index contributed by atoms with van der Waals surface area (Å²) in [5.74, 6) is -1.74. The molecule has 0 saturated heterocycles. The molecule has 0 aliphatic rings. The second kappa shape index (κ2) is 9.11. The normalized spacial score (nSPS) is 11.4. The predicted molar refractivity (Wildman–Crippen MR) is 119 cm³/mol. The Labute approximate surface area is 182 Å². The number of benzene rings is 2. The third-order valence-electron chi connectivity index (χ3n) is 4.46. The van der Waals surface area contributed by atoms with Crippen LogP contribution in [0.4, 0.5) is 14.5 Å². The van der Waals surface area contributed by atoms with Gasteiger partial charge in [-0.2, -0.15) is 0 Å². The molecule has 0 amide bonds. The van der Waals surface area contributed by atoms with Gasteiger partial charge in [-0.25, -0.2) is 17.2 Å². The Morgan fingerprint density at radius 1 is 1.06 bits per heavy atom. The minimum Gasteiger partial charge on any atom is -0.454 e. The van der Waals surface area contributed by atoms with E-state index in [-0.39, 0.29) is 28.5 Å². The minimum atomic E-state index is -3.54. The molecule has 0 spiro atoms. The fraction of sp³-hybridized carbons (Fsp3) is 0.190. The monoisotopic (exact) mass is 466 g/mol. The summed E-state index contributed by atoms with van der Waals surface area (Å²) in [4.78, 5) is 15.3. The zero-order chi connectivity index (χ0) is 22.8. The summed E-state index contributed by atoms with van der Waals surface area (Å²) < 4.78 is 59.6. The molecule has 1 heterocycles. The van der Waals surface area contributed by atoms with Crippen molar-refractivity contribution in [3.63, 3.8) is 0 Å². The van der Waals surface area contributed by atoms with Crippen LogP contribution in [0.2, 0.25) is 0 Å². The molecule has 0 radical (unpaired) electrons. The molecule has 164 valence electrons. The lowest BCUT2D eigenvalue weighted by molar-refractivity contribution is 0.439. The number of ether oxygens (including phenoxy) is 1. The summed E-state index contributed by atoms with van der Waals surface area (Å²) in [7, 11) is -3.54. The zero-order valence-corrected chi connectivity index (χ0v) is 18.6. The van der Waals surface area contributed by atoms with Crippen LogP contribution in [0, 0.1) is 18.6 Å². The second-order valence-electron chi connectivity index (χ2n) is 6.60. The molecule has 0 aliphatic carbocycles. The van der Waals surface area contributed by atoms with E-state index in [0.29, 0.717) is 27.8 Å². The summed E-state index contributed by atoms with van der Waals surface area (Å²) >= 11 is 1.25. The Morgan fingerprint density at radius 2 is 1.77 bits per heavy atom. The number of hydrogen-bond donors (Lipinski definition) is 2. The summed E-state index contributed by atoms with van der Waals surface area (Å²) in [6, 6.07) is 9.08. The van der Waals surface area contributed by atoms with Crippen molar-refractivity contribution in [1.29, 1.82) is 0 Å². The largest absolute Gasteiger partial charge is 0.454 e. The van der Waals surface area contributed by atoms with Gasteiger partial charge in [0, 0.05) is 28.6 Å². The number of nitrogens with one attached hydrogen (secondary N) is 2. The highest BCUT2D eigenvalue weighted by Gasteiger charge is 2.17. The molecule has 6 nitrogen and oxygen atoms in total. The average molecular weight is 467 g/mol. The highest BCUT2D eigenvalue weighted by atomic mass is 32.2. The summed E-state index contributed by atoms with van der Waals surface area (Å²) in [5.41, 5.74) is 1.52. The van der Waals surface area contributed by atoms with Crippen molar-refractivity contribution < 1.29 is 21.9 Å². The first-order valence-corrected chi connectivity index (χ1v) is 12.1. The molecule has 0 bridgehead atoms. The van der Waals surface area contributed by atoms with E-state index in [2.05, 4.69) is 9.71 Å². The lowest BCUT2D eigenvalue weighted by Gasteiger charge is -2.16. The number of pyridine rings is 1. The highest BCUT2D eigenvalue weighted by Crippen LogP contribution is 2.38. The smallest absolute Gasteiger partial charge is 0.261 e.